The minimum Gasteiger partial charge on any atom is -0.377 e. The van der Waals surface area contributed by atoms with Crippen molar-refractivity contribution in [3.63, 3.8) is 0 Å². The fourth-order valence-corrected chi connectivity index (χ4v) is 6.15. The predicted octanol–water partition coefficient (Wildman–Crippen LogP) is 8.74. The van der Waals surface area contributed by atoms with E-state index in [0.717, 1.165) is 55.5 Å². The summed E-state index contributed by atoms with van der Waals surface area (Å²) in [6.07, 6.45) is 8.03. The maximum absolute atomic E-state index is 12.5. The summed E-state index contributed by atoms with van der Waals surface area (Å²) in [7, 11) is 0. The van der Waals surface area contributed by atoms with Gasteiger partial charge in [0.1, 0.15) is 0 Å². The first kappa shape index (κ1) is 32.7. The lowest BCUT2D eigenvalue weighted by Crippen LogP contribution is -2.43. The van der Waals surface area contributed by atoms with E-state index in [1.807, 2.05) is 27.7 Å². The molecule has 2 heterocycles. The Bertz CT molecular complexity index is 1390. The minimum atomic E-state index is -0.154. The molecule has 0 radical (unpaired) electrons. The normalized spacial score (nSPS) is 19.5. The van der Waals surface area contributed by atoms with Crippen LogP contribution in [0.5, 0.6) is 0 Å². The Morgan fingerprint density at radius 3 is 2.38 bits per heavy atom. The standard InChI is InChI=1S/C27H28N2O.C9H15N.C2H6/c1-17(23-13-7-9-20-8-4-5-12-24(20)23)28-25-15-14-21-10-6-11-22-16-26(19(3)30)29(18(25)2)27(21)22;1-7(2)5-8(3)9(4)6-10;1-2/h4-6,8,10-13,25-26,28H,1-2,7,9,14-16H2,3H3;8-9H,1,5H2,2-4H3;1-2H3. The van der Waals surface area contributed by atoms with Gasteiger partial charge >= 0.3 is 0 Å². The van der Waals surface area contributed by atoms with Crippen molar-refractivity contribution in [2.24, 2.45) is 11.8 Å². The average Bonchev–Trinajstić information content (AvgIpc) is 3.33. The average molecular weight is 564 g/mol. The fraction of sp³-hybridized carbons (Fsp3) is 0.421. The summed E-state index contributed by atoms with van der Waals surface area (Å²) in [5, 5.41) is 12.2. The molecule has 4 unspecified atom stereocenters. The first-order valence-corrected chi connectivity index (χ1v) is 15.5. The molecule has 3 aliphatic rings. The number of carbonyl (C=O) groups is 1. The van der Waals surface area contributed by atoms with Crippen molar-refractivity contribution >= 4 is 17.0 Å². The van der Waals surface area contributed by atoms with Crippen LogP contribution in [0.2, 0.25) is 0 Å². The van der Waals surface area contributed by atoms with Gasteiger partial charge in [-0.1, -0.05) is 88.0 Å². The second kappa shape index (κ2) is 14.9. The van der Waals surface area contributed by atoms with E-state index in [1.54, 1.807) is 6.92 Å². The van der Waals surface area contributed by atoms with Crippen molar-refractivity contribution in [3.8, 4) is 6.07 Å². The van der Waals surface area contributed by atoms with Crippen LogP contribution in [0.3, 0.4) is 0 Å². The lowest BCUT2D eigenvalue weighted by molar-refractivity contribution is -0.118. The number of carbonyl (C=O) groups excluding carboxylic acids is 1. The summed E-state index contributed by atoms with van der Waals surface area (Å²) < 4.78 is 0. The summed E-state index contributed by atoms with van der Waals surface area (Å²) >= 11 is 0. The van der Waals surface area contributed by atoms with Crippen LogP contribution in [0.4, 0.5) is 5.69 Å². The van der Waals surface area contributed by atoms with Gasteiger partial charge in [-0.05, 0) is 81.0 Å². The largest absolute Gasteiger partial charge is 0.377 e. The summed E-state index contributed by atoms with van der Waals surface area (Å²) in [6, 6.07) is 17.2. The van der Waals surface area contributed by atoms with Gasteiger partial charge in [0.05, 0.1) is 18.2 Å². The Morgan fingerprint density at radius 2 is 1.71 bits per heavy atom. The first-order chi connectivity index (χ1) is 20.1. The van der Waals surface area contributed by atoms with Gasteiger partial charge < -0.3 is 10.2 Å². The zero-order chi connectivity index (χ0) is 31.0. The highest BCUT2D eigenvalue weighted by molar-refractivity contribution is 5.90. The zero-order valence-electron chi connectivity index (χ0n) is 26.6. The second-order valence-electron chi connectivity index (χ2n) is 11.7. The number of aryl methyl sites for hydroxylation is 2. The molecule has 2 aromatic carbocycles. The number of nitriles is 1. The van der Waals surface area contributed by atoms with Crippen molar-refractivity contribution in [2.45, 2.75) is 92.2 Å². The molecule has 4 atom stereocenters. The van der Waals surface area contributed by atoms with Gasteiger partial charge in [0.2, 0.25) is 0 Å². The van der Waals surface area contributed by atoms with E-state index in [1.165, 1.54) is 33.5 Å². The molecule has 0 amide bonds. The number of rotatable bonds is 7. The Kier molecular flexibility index (Phi) is 11.6. The summed E-state index contributed by atoms with van der Waals surface area (Å²) in [4.78, 5) is 14.7. The molecule has 0 saturated heterocycles. The van der Waals surface area contributed by atoms with Gasteiger partial charge in [-0.25, -0.2) is 0 Å². The maximum atomic E-state index is 12.5. The predicted molar refractivity (Wildman–Crippen MR) is 178 cm³/mol. The first-order valence-electron chi connectivity index (χ1n) is 15.5. The summed E-state index contributed by atoms with van der Waals surface area (Å²) in [5.41, 5.74) is 10.7. The van der Waals surface area contributed by atoms with Crippen LogP contribution in [0.15, 0.2) is 85.2 Å². The molecule has 1 N–H and O–H groups in total. The number of hydrogen-bond donors (Lipinski definition) is 1. The summed E-state index contributed by atoms with van der Waals surface area (Å²) in [5.74, 6) is 0.792. The van der Waals surface area contributed by atoms with Gasteiger partial charge in [-0.2, -0.15) is 5.26 Å². The van der Waals surface area contributed by atoms with Crippen LogP contribution < -0.4 is 10.2 Å². The van der Waals surface area contributed by atoms with Gasteiger partial charge in [-0.15, -0.1) is 6.58 Å². The lowest BCUT2D eigenvalue weighted by atomic mass is 9.89. The van der Waals surface area contributed by atoms with Crippen molar-refractivity contribution in [1.29, 1.82) is 5.26 Å². The molecule has 2 aromatic rings. The molecule has 0 spiro atoms. The van der Waals surface area contributed by atoms with Crippen LogP contribution in [-0.2, 0) is 24.1 Å². The highest BCUT2D eigenvalue weighted by atomic mass is 16.1. The second-order valence-corrected chi connectivity index (χ2v) is 11.7. The van der Waals surface area contributed by atoms with E-state index in [2.05, 4.69) is 91.5 Å². The Hall–Kier alpha value is -3.84. The SMILES string of the molecule is C=C(C)CC(C)C(C)C#N.C=C(NC1CCc2cccc3c2N(C1=C)C(C(C)=O)C3)C1=CCCc2ccccc21.CC. The van der Waals surface area contributed by atoms with Gasteiger partial charge in [-0.3, -0.25) is 4.79 Å². The fourth-order valence-electron chi connectivity index (χ4n) is 6.15. The third kappa shape index (κ3) is 7.32. The van der Waals surface area contributed by atoms with Gasteiger partial charge in [0, 0.05) is 35.0 Å². The lowest BCUT2D eigenvalue weighted by Gasteiger charge is -2.33. The number of allylic oxidation sites excluding steroid dienone is 3. The number of para-hydroxylation sites is 1. The van der Waals surface area contributed by atoms with E-state index in [-0.39, 0.29) is 23.8 Å². The van der Waals surface area contributed by atoms with Crippen LogP contribution in [0, 0.1) is 23.2 Å². The highest BCUT2D eigenvalue weighted by Crippen LogP contribution is 2.42. The van der Waals surface area contributed by atoms with Crippen LogP contribution in [0.25, 0.3) is 5.57 Å². The summed E-state index contributed by atoms with van der Waals surface area (Å²) in [6.45, 7) is 24.4. The van der Waals surface area contributed by atoms with Crippen molar-refractivity contribution in [3.05, 3.63) is 107 Å². The van der Waals surface area contributed by atoms with Crippen LogP contribution in [-0.4, -0.2) is 17.9 Å². The van der Waals surface area contributed by atoms with Crippen LogP contribution >= 0.6 is 0 Å². The number of ketones is 1. The van der Waals surface area contributed by atoms with E-state index in [9.17, 15) is 4.79 Å². The molecule has 0 aromatic heterocycles. The Labute approximate surface area is 254 Å². The number of nitrogens with one attached hydrogen (secondary N) is 1. The molecule has 0 saturated carbocycles. The highest BCUT2D eigenvalue weighted by Gasteiger charge is 2.39. The number of Topliss-reactive ketones (excluding diaryl/α,β-unsaturated/α-hetero) is 1. The monoisotopic (exact) mass is 563 g/mol. The third-order valence-corrected chi connectivity index (χ3v) is 8.52. The quantitative estimate of drug-likeness (QED) is 0.342. The van der Waals surface area contributed by atoms with Crippen LogP contribution in [0.1, 0.15) is 83.1 Å². The number of nitrogens with zero attached hydrogens (tertiary/aromatic N) is 2. The molecule has 1 aliphatic carbocycles. The molecule has 4 heteroatoms. The van der Waals surface area contributed by atoms with Crippen molar-refractivity contribution in [2.75, 3.05) is 4.90 Å². The molecule has 222 valence electrons. The van der Waals surface area contributed by atoms with E-state index in [0.29, 0.717) is 5.92 Å². The van der Waals surface area contributed by atoms with Gasteiger partial charge in [0.15, 0.2) is 5.78 Å². The smallest absolute Gasteiger partial charge is 0.152 e. The molecule has 5 rings (SSSR count). The third-order valence-electron chi connectivity index (χ3n) is 8.52. The van der Waals surface area contributed by atoms with Gasteiger partial charge in [0.25, 0.3) is 0 Å². The molecule has 2 aliphatic heterocycles. The number of anilines is 1. The van der Waals surface area contributed by atoms with E-state index in [4.69, 9.17) is 5.26 Å². The minimum absolute atomic E-state index is 0.0488. The zero-order valence-corrected chi connectivity index (χ0v) is 26.6. The Balaban J connectivity index is 0.000000345. The van der Waals surface area contributed by atoms with Crippen molar-refractivity contribution in [1.82, 2.24) is 5.32 Å². The van der Waals surface area contributed by atoms with E-state index < -0.39 is 0 Å². The molecule has 0 bridgehead atoms. The molecular weight excluding hydrogens is 514 g/mol. The maximum Gasteiger partial charge on any atom is 0.152 e. The molecule has 4 nitrogen and oxygen atoms in total. The number of benzene rings is 2. The topological polar surface area (TPSA) is 56.1 Å². The Morgan fingerprint density at radius 1 is 1.05 bits per heavy atom. The molecular formula is C38H49N3O. The molecule has 0 fully saturated rings. The number of hydrogen-bond acceptors (Lipinski definition) is 4. The van der Waals surface area contributed by atoms with E-state index >= 15 is 0 Å². The number of fused-ring (bicyclic) bond motifs is 1. The van der Waals surface area contributed by atoms with Crippen molar-refractivity contribution < 1.29 is 4.79 Å². The molecule has 42 heavy (non-hydrogen) atoms.